The van der Waals surface area contributed by atoms with Crippen LogP contribution in [-0.2, 0) is 5.41 Å². The quantitative estimate of drug-likeness (QED) is 0.442. The zero-order valence-corrected chi connectivity index (χ0v) is 19.1. The molecule has 0 unspecified atom stereocenters. The van der Waals surface area contributed by atoms with Crippen LogP contribution in [0.2, 0.25) is 10.0 Å². The number of nitrogens with two attached hydrogens (primary N) is 1. The number of thiophene rings is 1. The highest BCUT2D eigenvalue weighted by atomic mass is 35.5. The van der Waals surface area contributed by atoms with Crippen molar-refractivity contribution >= 4 is 68.4 Å². The number of hydrogen-bond donors (Lipinski definition) is 2. The van der Waals surface area contributed by atoms with Crippen LogP contribution in [-0.4, -0.2) is 10.8 Å². The molecule has 0 saturated heterocycles. The molecule has 3 N–H and O–H groups in total. The molecule has 0 atom stereocenters. The maximum Gasteiger partial charge on any atom is 0.262 e. The van der Waals surface area contributed by atoms with E-state index in [0.717, 1.165) is 33.4 Å². The van der Waals surface area contributed by atoms with Crippen LogP contribution in [0, 0.1) is 0 Å². The van der Waals surface area contributed by atoms with E-state index in [-0.39, 0.29) is 22.4 Å². The molecule has 3 aromatic rings. The van der Waals surface area contributed by atoms with Gasteiger partial charge < -0.3 is 10.7 Å². The number of benzene rings is 1. The Balaban J connectivity index is 1.88. The SMILES string of the molecule is CC(=O)c1c(N)c2c3c(sc2[nH]c1=O)C(C)(C)CC(/C=C/c1ccc(Cl)c(Cl)c1)=C3. The van der Waals surface area contributed by atoms with Gasteiger partial charge in [0.05, 0.1) is 15.7 Å². The molecule has 0 aliphatic heterocycles. The average Bonchev–Trinajstić information content (AvgIpc) is 3.01. The molecular formula is C23H20Cl2N2O2S. The number of Topliss-reactive ketones (excluding diaryl/α,β-unsaturated/α-hetero) is 1. The predicted molar refractivity (Wildman–Crippen MR) is 128 cm³/mol. The highest BCUT2D eigenvalue weighted by Gasteiger charge is 2.32. The first kappa shape index (κ1) is 20.9. The van der Waals surface area contributed by atoms with Gasteiger partial charge in [-0.3, -0.25) is 9.59 Å². The van der Waals surface area contributed by atoms with Crippen molar-refractivity contribution in [2.45, 2.75) is 32.6 Å². The summed E-state index contributed by atoms with van der Waals surface area (Å²) in [4.78, 5) is 29.0. The van der Waals surface area contributed by atoms with Crippen LogP contribution in [0.3, 0.4) is 0 Å². The number of nitrogens with one attached hydrogen (secondary N) is 1. The number of H-pyrrole nitrogens is 1. The van der Waals surface area contributed by atoms with Crippen molar-refractivity contribution in [2.24, 2.45) is 0 Å². The third-order valence-electron chi connectivity index (χ3n) is 5.31. The van der Waals surface area contributed by atoms with Crippen LogP contribution in [0.15, 0.2) is 34.6 Å². The zero-order valence-electron chi connectivity index (χ0n) is 16.7. The van der Waals surface area contributed by atoms with Gasteiger partial charge in [-0.2, -0.15) is 0 Å². The normalized spacial score (nSPS) is 15.4. The van der Waals surface area contributed by atoms with E-state index in [1.807, 2.05) is 18.2 Å². The molecule has 154 valence electrons. The molecule has 2 heterocycles. The van der Waals surface area contributed by atoms with E-state index >= 15 is 0 Å². The fourth-order valence-corrected chi connectivity index (χ4v) is 5.55. The minimum absolute atomic E-state index is 0.0211. The summed E-state index contributed by atoms with van der Waals surface area (Å²) in [5.74, 6) is -0.339. The Morgan fingerprint density at radius 2 is 1.97 bits per heavy atom. The number of allylic oxidation sites excluding steroid dienone is 2. The van der Waals surface area contributed by atoms with Crippen LogP contribution in [0.1, 0.15) is 53.6 Å². The number of aromatic amines is 1. The lowest BCUT2D eigenvalue weighted by atomic mass is 9.77. The Labute approximate surface area is 188 Å². The first-order chi connectivity index (χ1) is 14.1. The van der Waals surface area contributed by atoms with E-state index in [1.165, 1.54) is 18.3 Å². The van der Waals surface area contributed by atoms with Crippen LogP contribution in [0.25, 0.3) is 22.4 Å². The standard InChI is InChI=1S/C23H20Cl2N2O2S/c1-11(28)17-19(26)18-14-8-13(5-4-12-6-7-15(24)16(25)9-12)10-23(2,3)20(14)30-22(18)27-21(17)29/h4-9H,10H2,1-3H3,(H3,26,27,29)/b5-4+. The Bertz CT molecular complexity index is 1330. The number of pyridine rings is 1. The summed E-state index contributed by atoms with van der Waals surface area (Å²) in [6.45, 7) is 5.69. The summed E-state index contributed by atoms with van der Waals surface area (Å²) in [5.41, 5.74) is 9.03. The van der Waals surface area contributed by atoms with Crippen LogP contribution in [0.4, 0.5) is 5.69 Å². The molecule has 0 radical (unpaired) electrons. The molecule has 4 nitrogen and oxygen atoms in total. The van der Waals surface area contributed by atoms with Crippen molar-refractivity contribution in [1.29, 1.82) is 0 Å². The summed E-state index contributed by atoms with van der Waals surface area (Å²) >= 11 is 13.6. The number of anilines is 1. The Morgan fingerprint density at radius 3 is 2.63 bits per heavy atom. The lowest BCUT2D eigenvalue weighted by Crippen LogP contribution is -2.20. The predicted octanol–water partition coefficient (Wildman–Crippen LogP) is 6.46. The first-order valence-electron chi connectivity index (χ1n) is 9.42. The number of ketones is 1. The molecule has 1 aliphatic rings. The fourth-order valence-electron chi connectivity index (χ4n) is 3.96. The van der Waals surface area contributed by atoms with Crippen molar-refractivity contribution in [3.05, 3.63) is 71.8 Å². The molecule has 1 aliphatic carbocycles. The molecule has 0 saturated carbocycles. The summed E-state index contributed by atoms with van der Waals surface area (Å²) < 4.78 is 0. The number of carbonyl (C=O) groups excluding carboxylic acids is 1. The van der Waals surface area contributed by atoms with Gasteiger partial charge in [0.15, 0.2) is 5.78 Å². The van der Waals surface area contributed by atoms with Crippen LogP contribution < -0.4 is 11.3 Å². The lowest BCUT2D eigenvalue weighted by molar-refractivity contribution is 0.101. The van der Waals surface area contributed by atoms with Crippen molar-refractivity contribution in [1.82, 2.24) is 4.98 Å². The number of nitrogen functional groups attached to an aromatic ring is 1. The first-order valence-corrected chi connectivity index (χ1v) is 11.0. The molecule has 7 heteroatoms. The molecule has 0 fully saturated rings. The van der Waals surface area contributed by atoms with Crippen molar-refractivity contribution in [2.75, 3.05) is 5.73 Å². The van der Waals surface area contributed by atoms with E-state index in [9.17, 15) is 9.59 Å². The average molecular weight is 459 g/mol. The molecular weight excluding hydrogens is 439 g/mol. The third-order valence-corrected chi connectivity index (χ3v) is 7.54. The monoisotopic (exact) mass is 458 g/mol. The second kappa shape index (κ2) is 7.41. The maximum atomic E-state index is 12.3. The highest BCUT2D eigenvalue weighted by molar-refractivity contribution is 7.19. The Kier molecular flexibility index (Phi) is 5.17. The zero-order chi connectivity index (χ0) is 21.8. The van der Waals surface area contributed by atoms with E-state index < -0.39 is 5.56 Å². The van der Waals surface area contributed by atoms with E-state index in [0.29, 0.717) is 14.9 Å². The minimum atomic E-state index is -0.437. The van der Waals surface area contributed by atoms with E-state index in [4.69, 9.17) is 28.9 Å². The van der Waals surface area contributed by atoms with E-state index in [2.05, 4.69) is 31.0 Å². The van der Waals surface area contributed by atoms with Gasteiger partial charge in [-0.05, 0) is 42.7 Å². The van der Waals surface area contributed by atoms with Crippen LogP contribution in [0.5, 0.6) is 0 Å². The minimum Gasteiger partial charge on any atom is -0.397 e. The molecule has 0 amide bonds. The van der Waals surface area contributed by atoms with Crippen LogP contribution >= 0.6 is 34.5 Å². The van der Waals surface area contributed by atoms with Gasteiger partial charge in [0.1, 0.15) is 10.4 Å². The summed E-state index contributed by atoms with van der Waals surface area (Å²) in [5, 5.41) is 1.77. The van der Waals surface area contributed by atoms with Gasteiger partial charge in [-0.25, -0.2) is 0 Å². The molecule has 2 aromatic heterocycles. The smallest absolute Gasteiger partial charge is 0.262 e. The second-order valence-electron chi connectivity index (χ2n) is 8.13. The molecule has 30 heavy (non-hydrogen) atoms. The second-order valence-corrected chi connectivity index (χ2v) is 9.97. The summed E-state index contributed by atoms with van der Waals surface area (Å²) in [7, 11) is 0. The van der Waals surface area contributed by atoms with Gasteiger partial charge in [-0.15, -0.1) is 11.3 Å². The van der Waals surface area contributed by atoms with Gasteiger partial charge in [-0.1, -0.05) is 55.3 Å². The maximum absolute atomic E-state index is 12.3. The number of aromatic nitrogens is 1. The number of carbonyl (C=O) groups is 1. The summed E-state index contributed by atoms with van der Waals surface area (Å²) in [6, 6.07) is 5.50. The molecule has 4 rings (SSSR count). The topological polar surface area (TPSA) is 76.0 Å². The van der Waals surface area contributed by atoms with Gasteiger partial charge in [0.2, 0.25) is 0 Å². The molecule has 0 spiro atoms. The number of hydrogen-bond acceptors (Lipinski definition) is 4. The number of fused-ring (bicyclic) bond motifs is 3. The molecule has 0 bridgehead atoms. The van der Waals surface area contributed by atoms with Crippen molar-refractivity contribution in [3.8, 4) is 0 Å². The fraction of sp³-hybridized carbons (Fsp3) is 0.217. The number of halogens is 2. The van der Waals surface area contributed by atoms with Crippen molar-refractivity contribution in [3.63, 3.8) is 0 Å². The highest BCUT2D eigenvalue weighted by Crippen LogP contribution is 2.47. The van der Waals surface area contributed by atoms with Gasteiger partial charge >= 0.3 is 0 Å². The number of rotatable bonds is 3. The van der Waals surface area contributed by atoms with Gasteiger partial charge in [0.25, 0.3) is 5.56 Å². The molecule has 1 aromatic carbocycles. The third kappa shape index (κ3) is 3.51. The van der Waals surface area contributed by atoms with Crippen molar-refractivity contribution < 1.29 is 4.79 Å². The van der Waals surface area contributed by atoms with E-state index in [1.54, 1.807) is 6.07 Å². The van der Waals surface area contributed by atoms with Gasteiger partial charge in [0, 0.05) is 21.2 Å². The lowest BCUT2D eigenvalue weighted by Gasteiger charge is -2.29. The Morgan fingerprint density at radius 1 is 1.23 bits per heavy atom. The Hall–Kier alpha value is -2.34. The summed E-state index contributed by atoms with van der Waals surface area (Å²) in [6.07, 6.45) is 6.97. The largest absolute Gasteiger partial charge is 0.397 e.